The van der Waals surface area contributed by atoms with Crippen LogP contribution in [0.15, 0.2) is 24.3 Å². The summed E-state index contributed by atoms with van der Waals surface area (Å²) < 4.78 is 0. The summed E-state index contributed by atoms with van der Waals surface area (Å²) in [6.07, 6.45) is 0.199. The quantitative estimate of drug-likeness (QED) is 0.750. The molecule has 90 valence electrons. The number of amides is 2. The molecule has 0 aliphatic carbocycles. The van der Waals surface area contributed by atoms with Crippen molar-refractivity contribution in [1.82, 2.24) is 5.32 Å². The summed E-state index contributed by atoms with van der Waals surface area (Å²) in [5.41, 5.74) is 1.88. The predicted molar refractivity (Wildman–Crippen MR) is 65.9 cm³/mol. The van der Waals surface area contributed by atoms with Crippen molar-refractivity contribution in [3.63, 3.8) is 0 Å². The Labute approximate surface area is 99.8 Å². The Balaban J connectivity index is 2.11. The summed E-state index contributed by atoms with van der Waals surface area (Å²) >= 11 is 0. The van der Waals surface area contributed by atoms with Crippen molar-refractivity contribution >= 4 is 23.2 Å². The largest absolute Gasteiger partial charge is 0.378 e. The fourth-order valence-electron chi connectivity index (χ4n) is 1.75. The lowest BCUT2D eigenvalue weighted by Crippen LogP contribution is -2.30. The molecule has 1 aliphatic heterocycles. The van der Waals surface area contributed by atoms with Crippen LogP contribution in [0.2, 0.25) is 0 Å². The number of hydrogen-bond acceptors (Lipinski definition) is 4. The van der Waals surface area contributed by atoms with Gasteiger partial charge in [-0.2, -0.15) is 0 Å². The zero-order chi connectivity index (χ0) is 12.4. The van der Waals surface area contributed by atoms with Crippen LogP contribution >= 0.6 is 0 Å². The average molecular weight is 233 g/mol. The standard InChI is InChI=1S/C12H15N3O2/c1-15(2)9-5-3-4-8(6-9)13-10-7-11(16)14-12(10)17/h3-6,10,13H,7H2,1-2H3,(H,14,16,17). The Morgan fingerprint density at radius 2 is 2.12 bits per heavy atom. The lowest BCUT2D eigenvalue weighted by Gasteiger charge is -2.16. The van der Waals surface area contributed by atoms with Crippen LogP contribution in [0.3, 0.4) is 0 Å². The molecule has 2 rings (SSSR count). The number of carbonyl (C=O) groups excluding carboxylic acids is 2. The average Bonchev–Trinajstić information content (AvgIpc) is 2.58. The Morgan fingerprint density at radius 3 is 2.71 bits per heavy atom. The van der Waals surface area contributed by atoms with Crippen LogP contribution in [0.25, 0.3) is 0 Å². The molecular formula is C12H15N3O2. The molecule has 17 heavy (non-hydrogen) atoms. The molecule has 1 heterocycles. The number of rotatable bonds is 3. The molecule has 2 amide bonds. The molecule has 5 heteroatoms. The highest BCUT2D eigenvalue weighted by Crippen LogP contribution is 2.19. The van der Waals surface area contributed by atoms with E-state index in [-0.39, 0.29) is 18.2 Å². The molecule has 5 nitrogen and oxygen atoms in total. The van der Waals surface area contributed by atoms with Gasteiger partial charge in [0.05, 0.1) is 6.42 Å². The van der Waals surface area contributed by atoms with Crippen molar-refractivity contribution in [2.24, 2.45) is 0 Å². The first-order chi connectivity index (χ1) is 8.06. The maximum absolute atomic E-state index is 11.4. The van der Waals surface area contributed by atoms with Crippen molar-refractivity contribution in [2.45, 2.75) is 12.5 Å². The third-order valence-electron chi connectivity index (χ3n) is 2.67. The zero-order valence-electron chi connectivity index (χ0n) is 9.86. The van der Waals surface area contributed by atoms with E-state index in [1.54, 1.807) is 0 Å². The number of benzene rings is 1. The van der Waals surface area contributed by atoms with E-state index in [1.807, 2.05) is 43.3 Å². The van der Waals surface area contributed by atoms with Crippen molar-refractivity contribution < 1.29 is 9.59 Å². The third-order valence-corrected chi connectivity index (χ3v) is 2.67. The highest BCUT2D eigenvalue weighted by molar-refractivity contribution is 6.06. The number of nitrogens with one attached hydrogen (secondary N) is 2. The van der Waals surface area contributed by atoms with Gasteiger partial charge >= 0.3 is 0 Å². The number of carbonyl (C=O) groups is 2. The minimum Gasteiger partial charge on any atom is -0.378 e. The summed E-state index contributed by atoms with van der Waals surface area (Å²) in [5.74, 6) is -0.485. The SMILES string of the molecule is CN(C)c1cccc(NC2CC(=O)NC2=O)c1. The number of nitrogens with zero attached hydrogens (tertiary/aromatic N) is 1. The highest BCUT2D eigenvalue weighted by Gasteiger charge is 2.30. The smallest absolute Gasteiger partial charge is 0.249 e. The Hall–Kier alpha value is -2.04. The molecule has 1 unspecified atom stereocenters. The highest BCUT2D eigenvalue weighted by atomic mass is 16.2. The van der Waals surface area contributed by atoms with Gasteiger partial charge in [-0.3, -0.25) is 14.9 Å². The lowest BCUT2D eigenvalue weighted by atomic mass is 10.2. The van der Waals surface area contributed by atoms with E-state index in [4.69, 9.17) is 0 Å². The van der Waals surface area contributed by atoms with Gasteiger partial charge in [0.1, 0.15) is 6.04 Å². The van der Waals surface area contributed by atoms with Crippen LogP contribution in [0.4, 0.5) is 11.4 Å². The maximum atomic E-state index is 11.4. The second-order valence-electron chi connectivity index (χ2n) is 4.26. The molecular weight excluding hydrogens is 218 g/mol. The molecule has 0 bridgehead atoms. The summed E-state index contributed by atoms with van der Waals surface area (Å²) in [6, 6.07) is 7.25. The van der Waals surface area contributed by atoms with E-state index < -0.39 is 6.04 Å². The summed E-state index contributed by atoms with van der Waals surface area (Å²) in [7, 11) is 3.90. The van der Waals surface area contributed by atoms with Crippen molar-refractivity contribution in [3.8, 4) is 0 Å². The lowest BCUT2D eigenvalue weighted by molar-refractivity contribution is -0.124. The van der Waals surface area contributed by atoms with Gasteiger partial charge < -0.3 is 10.2 Å². The second kappa shape index (κ2) is 4.45. The Morgan fingerprint density at radius 1 is 1.35 bits per heavy atom. The molecule has 1 atom stereocenters. The monoisotopic (exact) mass is 233 g/mol. The van der Waals surface area contributed by atoms with Crippen LogP contribution < -0.4 is 15.5 Å². The van der Waals surface area contributed by atoms with E-state index in [0.29, 0.717) is 0 Å². The first-order valence-corrected chi connectivity index (χ1v) is 5.44. The fraction of sp³-hybridized carbons (Fsp3) is 0.333. The van der Waals surface area contributed by atoms with Gasteiger partial charge in [0.15, 0.2) is 0 Å². The van der Waals surface area contributed by atoms with E-state index in [2.05, 4.69) is 10.6 Å². The molecule has 0 saturated carbocycles. The molecule has 0 spiro atoms. The molecule has 2 N–H and O–H groups in total. The zero-order valence-corrected chi connectivity index (χ0v) is 9.86. The fourth-order valence-corrected chi connectivity index (χ4v) is 1.75. The third kappa shape index (κ3) is 2.55. The second-order valence-corrected chi connectivity index (χ2v) is 4.26. The van der Waals surface area contributed by atoms with Crippen LogP contribution in [-0.2, 0) is 9.59 Å². The van der Waals surface area contributed by atoms with Gasteiger partial charge in [-0.15, -0.1) is 0 Å². The first kappa shape index (κ1) is 11.4. The Kier molecular flexibility index (Phi) is 2.99. The summed E-state index contributed by atoms with van der Waals surface area (Å²) in [4.78, 5) is 24.4. The summed E-state index contributed by atoms with van der Waals surface area (Å²) in [6.45, 7) is 0. The van der Waals surface area contributed by atoms with E-state index >= 15 is 0 Å². The number of hydrogen-bond donors (Lipinski definition) is 2. The van der Waals surface area contributed by atoms with Gasteiger partial charge in [-0.25, -0.2) is 0 Å². The van der Waals surface area contributed by atoms with Crippen molar-refractivity contribution in [3.05, 3.63) is 24.3 Å². The van der Waals surface area contributed by atoms with Crippen molar-refractivity contribution in [2.75, 3.05) is 24.3 Å². The van der Waals surface area contributed by atoms with Crippen LogP contribution in [0.5, 0.6) is 0 Å². The van der Waals surface area contributed by atoms with Gasteiger partial charge in [-0.05, 0) is 18.2 Å². The van der Waals surface area contributed by atoms with Gasteiger partial charge in [-0.1, -0.05) is 6.07 Å². The summed E-state index contributed by atoms with van der Waals surface area (Å²) in [5, 5.41) is 5.33. The van der Waals surface area contributed by atoms with Crippen molar-refractivity contribution in [1.29, 1.82) is 0 Å². The molecule has 0 aromatic heterocycles. The minimum absolute atomic E-state index is 0.199. The van der Waals surface area contributed by atoms with Crippen LogP contribution in [0.1, 0.15) is 6.42 Å². The number of anilines is 2. The predicted octanol–water partition coefficient (Wildman–Crippen LogP) is 0.580. The van der Waals surface area contributed by atoms with Gasteiger partial charge in [0.2, 0.25) is 11.8 Å². The van der Waals surface area contributed by atoms with Gasteiger partial charge in [0, 0.05) is 25.5 Å². The van der Waals surface area contributed by atoms with Crippen LogP contribution in [0, 0.1) is 0 Å². The molecule has 1 aromatic carbocycles. The molecule has 0 radical (unpaired) electrons. The minimum atomic E-state index is -0.458. The van der Waals surface area contributed by atoms with E-state index in [9.17, 15) is 9.59 Å². The molecule has 1 saturated heterocycles. The van der Waals surface area contributed by atoms with E-state index in [0.717, 1.165) is 11.4 Å². The number of imide groups is 1. The van der Waals surface area contributed by atoms with Crippen LogP contribution in [-0.4, -0.2) is 32.0 Å². The maximum Gasteiger partial charge on any atom is 0.249 e. The topological polar surface area (TPSA) is 61.4 Å². The molecule has 1 aliphatic rings. The first-order valence-electron chi connectivity index (χ1n) is 5.44. The normalized spacial score (nSPS) is 19.1. The van der Waals surface area contributed by atoms with E-state index in [1.165, 1.54) is 0 Å². The van der Waals surface area contributed by atoms with Gasteiger partial charge in [0.25, 0.3) is 0 Å². The molecule has 1 aromatic rings. The molecule has 1 fully saturated rings. The Bertz CT molecular complexity index is 457.